The molecule has 11 heavy (non-hydrogen) atoms. The SMILES string of the molecule is CC/C=C\CCOC(C)(C)C. The van der Waals surface area contributed by atoms with E-state index in [-0.39, 0.29) is 5.60 Å². The summed E-state index contributed by atoms with van der Waals surface area (Å²) in [5.74, 6) is 0. The van der Waals surface area contributed by atoms with Crippen LogP contribution in [0.15, 0.2) is 12.2 Å². The van der Waals surface area contributed by atoms with Gasteiger partial charge >= 0.3 is 0 Å². The summed E-state index contributed by atoms with van der Waals surface area (Å²) in [5.41, 5.74) is 0.0139. The summed E-state index contributed by atoms with van der Waals surface area (Å²) in [7, 11) is 0. The molecular formula is C10H20O. The number of allylic oxidation sites excluding steroid dienone is 1. The van der Waals surface area contributed by atoms with Crippen molar-refractivity contribution in [2.24, 2.45) is 0 Å². The van der Waals surface area contributed by atoms with E-state index in [1.807, 2.05) is 0 Å². The zero-order chi connectivity index (χ0) is 8.74. The molecule has 0 rings (SSSR count). The monoisotopic (exact) mass is 156 g/mol. The molecule has 0 heterocycles. The van der Waals surface area contributed by atoms with Crippen LogP contribution in [0, 0.1) is 0 Å². The standard InChI is InChI=1S/C10H20O/c1-5-6-7-8-9-11-10(2,3)4/h6-7H,5,8-9H2,1-4H3/b7-6-. The molecule has 0 saturated carbocycles. The Labute approximate surface area is 70.4 Å². The second kappa shape index (κ2) is 5.36. The molecule has 0 aliphatic heterocycles. The van der Waals surface area contributed by atoms with Gasteiger partial charge in [0.05, 0.1) is 12.2 Å². The van der Waals surface area contributed by atoms with Crippen LogP contribution in [-0.2, 0) is 4.74 Å². The van der Waals surface area contributed by atoms with E-state index in [0.717, 1.165) is 19.4 Å². The van der Waals surface area contributed by atoms with Gasteiger partial charge in [0.25, 0.3) is 0 Å². The van der Waals surface area contributed by atoms with Crippen LogP contribution in [0.2, 0.25) is 0 Å². The van der Waals surface area contributed by atoms with Gasteiger partial charge in [-0.05, 0) is 33.6 Å². The lowest BCUT2D eigenvalue weighted by atomic mass is 10.2. The lowest BCUT2D eigenvalue weighted by Crippen LogP contribution is -2.19. The smallest absolute Gasteiger partial charge is 0.0598 e. The molecular weight excluding hydrogens is 136 g/mol. The molecule has 1 nitrogen and oxygen atoms in total. The molecule has 0 N–H and O–H groups in total. The van der Waals surface area contributed by atoms with E-state index >= 15 is 0 Å². The van der Waals surface area contributed by atoms with Gasteiger partial charge < -0.3 is 4.74 Å². The normalized spacial score (nSPS) is 12.7. The van der Waals surface area contributed by atoms with Crippen LogP contribution in [0.5, 0.6) is 0 Å². The van der Waals surface area contributed by atoms with E-state index in [0.29, 0.717) is 0 Å². The van der Waals surface area contributed by atoms with Gasteiger partial charge in [0.15, 0.2) is 0 Å². The molecule has 0 aromatic carbocycles. The Morgan fingerprint density at radius 3 is 2.27 bits per heavy atom. The number of rotatable bonds is 4. The van der Waals surface area contributed by atoms with Crippen LogP contribution < -0.4 is 0 Å². The highest BCUT2D eigenvalue weighted by atomic mass is 16.5. The predicted octanol–water partition coefficient (Wildman–Crippen LogP) is 3.16. The van der Waals surface area contributed by atoms with Crippen molar-refractivity contribution in [1.29, 1.82) is 0 Å². The van der Waals surface area contributed by atoms with E-state index in [1.54, 1.807) is 0 Å². The van der Waals surface area contributed by atoms with Crippen molar-refractivity contribution in [2.75, 3.05) is 6.61 Å². The van der Waals surface area contributed by atoms with Crippen molar-refractivity contribution in [3.05, 3.63) is 12.2 Å². The molecule has 0 bridgehead atoms. The van der Waals surface area contributed by atoms with Crippen LogP contribution in [0.4, 0.5) is 0 Å². The highest BCUT2D eigenvalue weighted by Gasteiger charge is 2.07. The van der Waals surface area contributed by atoms with Crippen LogP contribution in [-0.4, -0.2) is 12.2 Å². The Morgan fingerprint density at radius 2 is 1.82 bits per heavy atom. The first-order chi connectivity index (χ1) is 5.06. The first-order valence-corrected chi connectivity index (χ1v) is 4.35. The minimum atomic E-state index is 0.0139. The van der Waals surface area contributed by atoms with Gasteiger partial charge in [-0.15, -0.1) is 0 Å². The third-order valence-electron chi connectivity index (χ3n) is 1.22. The highest BCUT2D eigenvalue weighted by Crippen LogP contribution is 2.06. The summed E-state index contributed by atoms with van der Waals surface area (Å²) in [6.07, 6.45) is 6.50. The molecule has 0 atom stereocenters. The first-order valence-electron chi connectivity index (χ1n) is 4.35. The van der Waals surface area contributed by atoms with Crippen molar-refractivity contribution in [2.45, 2.75) is 46.1 Å². The van der Waals surface area contributed by atoms with Crippen molar-refractivity contribution in [1.82, 2.24) is 0 Å². The van der Waals surface area contributed by atoms with Crippen molar-refractivity contribution >= 4 is 0 Å². The fourth-order valence-electron chi connectivity index (χ4n) is 0.718. The van der Waals surface area contributed by atoms with Gasteiger partial charge in [0, 0.05) is 0 Å². The van der Waals surface area contributed by atoms with Crippen molar-refractivity contribution in [3.63, 3.8) is 0 Å². The van der Waals surface area contributed by atoms with Gasteiger partial charge in [-0.25, -0.2) is 0 Å². The summed E-state index contributed by atoms with van der Waals surface area (Å²) in [6.45, 7) is 9.21. The molecule has 0 unspecified atom stereocenters. The maximum atomic E-state index is 5.52. The zero-order valence-electron chi connectivity index (χ0n) is 8.18. The highest BCUT2D eigenvalue weighted by molar-refractivity contribution is 4.79. The summed E-state index contributed by atoms with van der Waals surface area (Å²) < 4.78 is 5.52. The summed E-state index contributed by atoms with van der Waals surface area (Å²) in [6, 6.07) is 0. The zero-order valence-corrected chi connectivity index (χ0v) is 8.18. The fraction of sp³-hybridized carbons (Fsp3) is 0.800. The topological polar surface area (TPSA) is 9.23 Å². The Morgan fingerprint density at radius 1 is 1.18 bits per heavy atom. The van der Waals surface area contributed by atoms with Gasteiger partial charge in [0.2, 0.25) is 0 Å². The lowest BCUT2D eigenvalue weighted by Gasteiger charge is -2.18. The number of ether oxygens (including phenoxy) is 1. The van der Waals surface area contributed by atoms with Gasteiger partial charge in [-0.2, -0.15) is 0 Å². The van der Waals surface area contributed by atoms with Crippen LogP contribution in [0.3, 0.4) is 0 Å². The van der Waals surface area contributed by atoms with E-state index in [1.165, 1.54) is 0 Å². The summed E-state index contributed by atoms with van der Waals surface area (Å²) in [5, 5.41) is 0. The van der Waals surface area contributed by atoms with Crippen molar-refractivity contribution < 1.29 is 4.74 Å². The van der Waals surface area contributed by atoms with E-state index < -0.39 is 0 Å². The average molecular weight is 156 g/mol. The van der Waals surface area contributed by atoms with Gasteiger partial charge in [0.1, 0.15) is 0 Å². The molecule has 0 fully saturated rings. The molecule has 1 heteroatoms. The molecule has 0 saturated heterocycles. The Hall–Kier alpha value is -0.300. The minimum absolute atomic E-state index is 0.0139. The van der Waals surface area contributed by atoms with E-state index in [4.69, 9.17) is 4.74 Å². The first kappa shape index (κ1) is 10.7. The largest absolute Gasteiger partial charge is 0.376 e. The van der Waals surface area contributed by atoms with Crippen LogP contribution in [0.25, 0.3) is 0 Å². The third kappa shape index (κ3) is 9.70. The van der Waals surface area contributed by atoms with E-state index in [2.05, 4.69) is 39.8 Å². The molecule has 0 radical (unpaired) electrons. The Kier molecular flexibility index (Phi) is 5.22. The van der Waals surface area contributed by atoms with Crippen molar-refractivity contribution in [3.8, 4) is 0 Å². The number of hydrogen-bond donors (Lipinski definition) is 0. The maximum absolute atomic E-state index is 5.52. The molecule has 0 aliphatic carbocycles. The Bertz CT molecular complexity index is 109. The Balaban J connectivity index is 3.21. The second-order valence-electron chi connectivity index (χ2n) is 3.63. The molecule has 0 amide bonds. The number of hydrogen-bond acceptors (Lipinski definition) is 1. The summed E-state index contributed by atoms with van der Waals surface area (Å²) >= 11 is 0. The summed E-state index contributed by atoms with van der Waals surface area (Å²) in [4.78, 5) is 0. The minimum Gasteiger partial charge on any atom is -0.376 e. The van der Waals surface area contributed by atoms with Crippen LogP contribution in [0.1, 0.15) is 40.5 Å². The predicted molar refractivity (Wildman–Crippen MR) is 49.8 cm³/mol. The van der Waals surface area contributed by atoms with Crippen LogP contribution >= 0.6 is 0 Å². The second-order valence-corrected chi connectivity index (χ2v) is 3.63. The van der Waals surface area contributed by atoms with E-state index in [9.17, 15) is 0 Å². The molecule has 0 spiro atoms. The third-order valence-corrected chi connectivity index (χ3v) is 1.22. The van der Waals surface area contributed by atoms with Gasteiger partial charge in [-0.1, -0.05) is 19.1 Å². The lowest BCUT2D eigenvalue weighted by molar-refractivity contribution is -0.000120. The molecule has 0 aromatic rings. The van der Waals surface area contributed by atoms with Gasteiger partial charge in [-0.3, -0.25) is 0 Å². The molecule has 66 valence electrons. The molecule has 0 aromatic heterocycles. The quantitative estimate of drug-likeness (QED) is 0.449. The maximum Gasteiger partial charge on any atom is 0.0598 e. The average Bonchev–Trinajstić information content (AvgIpc) is 1.85. The molecule has 0 aliphatic rings. The fourth-order valence-corrected chi connectivity index (χ4v) is 0.718.